The second-order valence-electron chi connectivity index (χ2n) is 3.65. The second kappa shape index (κ2) is 4.61. The standard InChI is InChI=1S/C11H11N3O3S/c1-8-3-2-5-13-11(8)14-18(16,17)10-7-12-6-4-9(10)15/h2-7H,1H3,(H,12,15)(H,13,14). The highest BCUT2D eigenvalue weighted by molar-refractivity contribution is 7.92. The number of rotatable bonds is 3. The highest BCUT2D eigenvalue weighted by Crippen LogP contribution is 2.14. The number of H-pyrrole nitrogens is 1. The van der Waals surface area contributed by atoms with E-state index >= 15 is 0 Å². The van der Waals surface area contributed by atoms with Gasteiger partial charge in [-0.2, -0.15) is 0 Å². The molecule has 2 N–H and O–H groups in total. The van der Waals surface area contributed by atoms with Gasteiger partial charge in [0.25, 0.3) is 10.0 Å². The number of nitrogens with zero attached hydrogens (tertiary/aromatic N) is 1. The fourth-order valence-corrected chi connectivity index (χ4v) is 2.52. The predicted molar refractivity (Wildman–Crippen MR) is 66.8 cm³/mol. The van der Waals surface area contributed by atoms with E-state index in [1.807, 2.05) is 0 Å². The third-order valence-corrected chi connectivity index (χ3v) is 3.68. The first kappa shape index (κ1) is 12.3. The van der Waals surface area contributed by atoms with Gasteiger partial charge in [-0.25, -0.2) is 13.4 Å². The normalized spacial score (nSPS) is 11.2. The number of hydrogen-bond donors (Lipinski definition) is 2. The first-order valence-corrected chi connectivity index (χ1v) is 6.60. The maximum Gasteiger partial charge on any atom is 0.268 e. The maximum atomic E-state index is 12.0. The van der Waals surface area contributed by atoms with E-state index in [2.05, 4.69) is 14.7 Å². The summed E-state index contributed by atoms with van der Waals surface area (Å²) in [4.78, 5) is 17.6. The molecule has 0 unspecified atom stereocenters. The average Bonchev–Trinajstić information content (AvgIpc) is 2.32. The Morgan fingerprint density at radius 3 is 2.78 bits per heavy atom. The van der Waals surface area contributed by atoms with Crippen LogP contribution in [0.1, 0.15) is 5.56 Å². The molecule has 2 aromatic rings. The van der Waals surface area contributed by atoms with Crippen LogP contribution in [0.15, 0.2) is 46.5 Å². The van der Waals surface area contributed by atoms with Crippen LogP contribution >= 0.6 is 0 Å². The summed E-state index contributed by atoms with van der Waals surface area (Å²) in [6, 6.07) is 4.57. The third kappa shape index (κ3) is 2.40. The van der Waals surface area contributed by atoms with Crippen LogP contribution in [0, 0.1) is 6.92 Å². The summed E-state index contributed by atoms with van der Waals surface area (Å²) in [5.41, 5.74) is 0.100. The number of sulfonamides is 1. The molecule has 2 rings (SSSR count). The summed E-state index contributed by atoms with van der Waals surface area (Å²) >= 11 is 0. The Morgan fingerprint density at radius 1 is 1.33 bits per heavy atom. The van der Waals surface area contributed by atoms with Gasteiger partial charge in [-0.15, -0.1) is 0 Å². The lowest BCUT2D eigenvalue weighted by atomic mass is 10.3. The molecule has 0 aromatic carbocycles. The molecule has 0 aliphatic rings. The average molecular weight is 265 g/mol. The molecule has 0 atom stereocenters. The van der Waals surface area contributed by atoms with Gasteiger partial charge in [0.1, 0.15) is 5.82 Å². The van der Waals surface area contributed by atoms with Crippen molar-refractivity contribution in [2.75, 3.05) is 4.72 Å². The molecule has 0 bridgehead atoms. The van der Waals surface area contributed by atoms with Gasteiger partial charge in [0, 0.05) is 24.7 Å². The van der Waals surface area contributed by atoms with E-state index in [-0.39, 0.29) is 10.7 Å². The van der Waals surface area contributed by atoms with Gasteiger partial charge in [-0.05, 0) is 18.6 Å². The monoisotopic (exact) mass is 265 g/mol. The molecule has 0 aliphatic carbocycles. The van der Waals surface area contributed by atoms with Crippen LogP contribution in [0.5, 0.6) is 0 Å². The second-order valence-corrected chi connectivity index (χ2v) is 5.30. The Balaban J connectivity index is 2.43. The van der Waals surface area contributed by atoms with Gasteiger partial charge in [0.2, 0.25) is 5.43 Å². The van der Waals surface area contributed by atoms with Gasteiger partial charge >= 0.3 is 0 Å². The fourth-order valence-electron chi connectivity index (χ4n) is 1.39. The van der Waals surface area contributed by atoms with Gasteiger partial charge < -0.3 is 4.98 Å². The Kier molecular flexibility index (Phi) is 3.15. The molecule has 0 saturated carbocycles. The van der Waals surface area contributed by atoms with Gasteiger partial charge in [-0.1, -0.05) is 6.07 Å². The molecule has 0 fully saturated rings. The molecule has 0 aliphatic heterocycles. The minimum atomic E-state index is -3.92. The number of hydrogen-bond acceptors (Lipinski definition) is 4. The Morgan fingerprint density at radius 2 is 2.11 bits per heavy atom. The number of aromatic amines is 1. The molecule has 7 heteroatoms. The zero-order chi connectivity index (χ0) is 13.2. The summed E-state index contributed by atoms with van der Waals surface area (Å²) in [5, 5.41) is 0. The molecule has 2 aromatic heterocycles. The number of nitrogens with one attached hydrogen (secondary N) is 2. The van der Waals surface area contributed by atoms with Crippen molar-refractivity contribution < 1.29 is 8.42 Å². The molecule has 2 heterocycles. The summed E-state index contributed by atoms with van der Waals surface area (Å²) in [5.74, 6) is 0.209. The summed E-state index contributed by atoms with van der Waals surface area (Å²) in [6.45, 7) is 1.72. The van der Waals surface area contributed by atoms with Crippen LogP contribution in [0.2, 0.25) is 0 Å². The lowest BCUT2D eigenvalue weighted by molar-refractivity contribution is 0.600. The van der Waals surface area contributed by atoms with Crippen molar-refractivity contribution in [1.29, 1.82) is 0 Å². The topological polar surface area (TPSA) is 91.9 Å². The van der Waals surface area contributed by atoms with Crippen LogP contribution in [-0.4, -0.2) is 18.4 Å². The first-order valence-electron chi connectivity index (χ1n) is 5.12. The van der Waals surface area contributed by atoms with Crippen molar-refractivity contribution in [3.8, 4) is 0 Å². The molecule has 18 heavy (non-hydrogen) atoms. The van der Waals surface area contributed by atoms with Crippen LogP contribution in [0.4, 0.5) is 5.82 Å². The predicted octanol–water partition coefficient (Wildman–Crippen LogP) is 0.879. The smallest absolute Gasteiger partial charge is 0.268 e. The highest BCUT2D eigenvalue weighted by atomic mass is 32.2. The van der Waals surface area contributed by atoms with Crippen LogP contribution < -0.4 is 10.2 Å². The van der Waals surface area contributed by atoms with Crippen molar-refractivity contribution in [2.24, 2.45) is 0 Å². The summed E-state index contributed by atoms with van der Waals surface area (Å²) in [7, 11) is -3.92. The Labute approximate surface area is 104 Å². The van der Waals surface area contributed by atoms with Crippen molar-refractivity contribution in [3.63, 3.8) is 0 Å². The molecule has 0 amide bonds. The molecule has 0 radical (unpaired) electrons. The van der Waals surface area contributed by atoms with Gasteiger partial charge in [-0.3, -0.25) is 9.52 Å². The summed E-state index contributed by atoms with van der Waals surface area (Å²) < 4.78 is 26.3. The van der Waals surface area contributed by atoms with Crippen molar-refractivity contribution in [2.45, 2.75) is 11.8 Å². The molecule has 94 valence electrons. The molecule has 6 nitrogen and oxygen atoms in total. The van der Waals surface area contributed by atoms with Crippen molar-refractivity contribution >= 4 is 15.8 Å². The fraction of sp³-hybridized carbons (Fsp3) is 0.0909. The number of anilines is 1. The lowest BCUT2D eigenvalue weighted by Gasteiger charge is -2.08. The van der Waals surface area contributed by atoms with E-state index in [0.29, 0.717) is 5.56 Å². The summed E-state index contributed by atoms with van der Waals surface area (Å²) in [6.07, 6.45) is 3.98. The molecule has 0 spiro atoms. The largest absolute Gasteiger partial charge is 0.366 e. The molecular formula is C11H11N3O3S. The maximum absolute atomic E-state index is 12.0. The molecule has 0 saturated heterocycles. The van der Waals surface area contributed by atoms with Crippen LogP contribution in [-0.2, 0) is 10.0 Å². The van der Waals surface area contributed by atoms with E-state index in [0.717, 1.165) is 12.3 Å². The zero-order valence-electron chi connectivity index (χ0n) is 9.54. The minimum absolute atomic E-state index is 0.209. The van der Waals surface area contributed by atoms with Gasteiger partial charge in [0.05, 0.1) is 0 Å². The SMILES string of the molecule is Cc1cccnc1NS(=O)(=O)c1c[nH]ccc1=O. The van der Waals surface area contributed by atoms with Crippen molar-refractivity contribution in [1.82, 2.24) is 9.97 Å². The van der Waals surface area contributed by atoms with E-state index in [4.69, 9.17) is 0 Å². The van der Waals surface area contributed by atoms with E-state index in [1.54, 1.807) is 19.1 Å². The van der Waals surface area contributed by atoms with Crippen molar-refractivity contribution in [3.05, 3.63) is 52.6 Å². The van der Waals surface area contributed by atoms with Crippen LogP contribution in [0.3, 0.4) is 0 Å². The first-order chi connectivity index (χ1) is 8.50. The van der Waals surface area contributed by atoms with Crippen LogP contribution in [0.25, 0.3) is 0 Å². The number of aromatic nitrogens is 2. The van der Waals surface area contributed by atoms with E-state index in [1.165, 1.54) is 12.4 Å². The van der Waals surface area contributed by atoms with E-state index < -0.39 is 15.5 Å². The van der Waals surface area contributed by atoms with Gasteiger partial charge in [0.15, 0.2) is 4.90 Å². The molecular weight excluding hydrogens is 254 g/mol. The Hall–Kier alpha value is -2.15. The quantitative estimate of drug-likeness (QED) is 0.861. The minimum Gasteiger partial charge on any atom is -0.366 e. The third-order valence-electron chi connectivity index (χ3n) is 2.32. The number of aryl methyl sites for hydroxylation is 1. The zero-order valence-corrected chi connectivity index (χ0v) is 10.4. The Bertz CT molecular complexity index is 722. The van der Waals surface area contributed by atoms with E-state index in [9.17, 15) is 13.2 Å². The number of pyridine rings is 2. The lowest BCUT2D eigenvalue weighted by Crippen LogP contribution is -2.21. The highest BCUT2D eigenvalue weighted by Gasteiger charge is 2.18.